The van der Waals surface area contributed by atoms with Crippen LogP contribution in [0.2, 0.25) is 10.0 Å². The van der Waals surface area contributed by atoms with Gasteiger partial charge in [0.2, 0.25) is 5.95 Å². The van der Waals surface area contributed by atoms with Crippen LogP contribution in [-0.2, 0) is 6.61 Å². The first-order valence-corrected chi connectivity index (χ1v) is 9.33. The average Bonchev–Trinajstić information content (AvgIpc) is 3.10. The number of halogens is 2. The Hall–Kier alpha value is -3.02. The zero-order valence-corrected chi connectivity index (χ0v) is 16.2. The second kappa shape index (κ2) is 8.33. The molecular formula is C21H16Cl2N4O. The summed E-state index contributed by atoms with van der Waals surface area (Å²) < 4.78 is 5.83. The number of hydrazone groups is 1. The van der Waals surface area contributed by atoms with E-state index in [1.54, 1.807) is 18.3 Å². The van der Waals surface area contributed by atoms with Gasteiger partial charge in [-0.15, -0.1) is 0 Å². The maximum atomic E-state index is 6.18. The molecule has 4 rings (SSSR count). The van der Waals surface area contributed by atoms with Crippen LogP contribution in [-0.4, -0.2) is 16.2 Å². The van der Waals surface area contributed by atoms with Gasteiger partial charge < -0.3 is 9.72 Å². The Morgan fingerprint density at radius 2 is 1.93 bits per heavy atom. The molecule has 0 unspecified atom stereocenters. The van der Waals surface area contributed by atoms with Crippen molar-refractivity contribution in [3.63, 3.8) is 0 Å². The van der Waals surface area contributed by atoms with E-state index in [1.165, 1.54) is 0 Å². The molecule has 0 aliphatic carbocycles. The zero-order valence-electron chi connectivity index (χ0n) is 14.7. The lowest BCUT2D eigenvalue weighted by Gasteiger charge is -2.08. The number of imidazole rings is 1. The summed E-state index contributed by atoms with van der Waals surface area (Å²) >= 11 is 12.1. The first-order chi connectivity index (χ1) is 13.7. The number of hydrogen-bond acceptors (Lipinski definition) is 4. The van der Waals surface area contributed by atoms with Crippen LogP contribution in [0.25, 0.3) is 11.0 Å². The van der Waals surface area contributed by atoms with Crippen LogP contribution in [0, 0.1) is 0 Å². The van der Waals surface area contributed by atoms with Gasteiger partial charge in [0.25, 0.3) is 0 Å². The molecule has 0 aliphatic rings. The third-order valence-electron chi connectivity index (χ3n) is 4.04. The fourth-order valence-corrected chi connectivity index (χ4v) is 3.12. The van der Waals surface area contributed by atoms with Crippen LogP contribution in [0.15, 0.2) is 71.8 Å². The molecule has 0 bridgehead atoms. The monoisotopic (exact) mass is 410 g/mol. The lowest BCUT2D eigenvalue weighted by molar-refractivity contribution is 0.306. The van der Waals surface area contributed by atoms with E-state index in [-0.39, 0.29) is 0 Å². The Labute approximate surface area is 172 Å². The van der Waals surface area contributed by atoms with Gasteiger partial charge in [0, 0.05) is 15.6 Å². The first kappa shape index (κ1) is 18.3. The van der Waals surface area contributed by atoms with Crippen LogP contribution < -0.4 is 10.2 Å². The van der Waals surface area contributed by atoms with Crippen molar-refractivity contribution < 1.29 is 4.74 Å². The van der Waals surface area contributed by atoms with Crippen molar-refractivity contribution in [3.8, 4) is 5.75 Å². The van der Waals surface area contributed by atoms with Crippen molar-refractivity contribution in [2.45, 2.75) is 6.61 Å². The minimum atomic E-state index is 0.355. The topological polar surface area (TPSA) is 62.3 Å². The number of nitrogens with one attached hydrogen (secondary N) is 2. The molecule has 4 aromatic rings. The van der Waals surface area contributed by atoms with E-state index < -0.39 is 0 Å². The molecule has 28 heavy (non-hydrogen) atoms. The molecule has 0 saturated heterocycles. The number of nitrogens with zero attached hydrogens (tertiary/aromatic N) is 2. The second-order valence-corrected chi connectivity index (χ2v) is 6.91. The fourth-order valence-electron chi connectivity index (χ4n) is 2.66. The highest BCUT2D eigenvalue weighted by atomic mass is 35.5. The summed E-state index contributed by atoms with van der Waals surface area (Å²) in [5.41, 5.74) is 6.51. The van der Waals surface area contributed by atoms with Gasteiger partial charge in [-0.05, 0) is 42.0 Å². The molecule has 3 aromatic carbocycles. The minimum absolute atomic E-state index is 0.355. The molecule has 0 radical (unpaired) electrons. The Kier molecular flexibility index (Phi) is 5.46. The number of fused-ring (bicyclic) bond motifs is 1. The van der Waals surface area contributed by atoms with Gasteiger partial charge in [-0.1, -0.05) is 53.5 Å². The zero-order chi connectivity index (χ0) is 19.3. The third kappa shape index (κ3) is 4.44. The molecule has 140 valence electrons. The first-order valence-electron chi connectivity index (χ1n) is 8.58. The van der Waals surface area contributed by atoms with Crippen LogP contribution >= 0.6 is 23.2 Å². The predicted molar refractivity (Wildman–Crippen MR) is 115 cm³/mol. The van der Waals surface area contributed by atoms with Crippen molar-refractivity contribution in [2.24, 2.45) is 5.10 Å². The predicted octanol–water partition coefficient (Wildman–Crippen LogP) is 5.89. The SMILES string of the molecule is Clc1ccc(COc2cccc(/C=N\Nc3nc4ccccc4[nH]3)c2)c(Cl)c1. The number of benzene rings is 3. The normalized spacial score (nSPS) is 11.2. The highest BCUT2D eigenvalue weighted by molar-refractivity contribution is 6.35. The number of H-pyrrole nitrogens is 1. The third-order valence-corrected chi connectivity index (χ3v) is 4.63. The smallest absolute Gasteiger partial charge is 0.222 e. The van der Waals surface area contributed by atoms with E-state index in [2.05, 4.69) is 20.5 Å². The van der Waals surface area contributed by atoms with Crippen LogP contribution in [0.3, 0.4) is 0 Å². The molecule has 0 aliphatic heterocycles. The van der Waals surface area contributed by atoms with Crippen LogP contribution in [0.1, 0.15) is 11.1 Å². The van der Waals surface area contributed by atoms with Crippen molar-refractivity contribution in [1.82, 2.24) is 9.97 Å². The van der Waals surface area contributed by atoms with Crippen molar-refractivity contribution in [1.29, 1.82) is 0 Å². The highest BCUT2D eigenvalue weighted by Crippen LogP contribution is 2.23. The summed E-state index contributed by atoms with van der Waals surface area (Å²) in [6.07, 6.45) is 1.70. The van der Waals surface area contributed by atoms with E-state index in [0.29, 0.717) is 22.6 Å². The van der Waals surface area contributed by atoms with E-state index in [0.717, 1.165) is 27.9 Å². The van der Waals surface area contributed by atoms with E-state index in [1.807, 2.05) is 54.6 Å². The van der Waals surface area contributed by atoms with E-state index in [4.69, 9.17) is 27.9 Å². The molecule has 0 atom stereocenters. The van der Waals surface area contributed by atoms with Crippen molar-refractivity contribution in [3.05, 3.63) is 87.9 Å². The molecule has 7 heteroatoms. The summed E-state index contributed by atoms with van der Waals surface area (Å²) in [5, 5.41) is 5.41. The Morgan fingerprint density at radius 1 is 1.04 bits per heavy atom. The average molecular weight is 411 g/mol. The van der Waals surface area contributed by atoms with Crippen molar-refractivity contribution in [2.75, 3.05) is 5.43 Å². The lowest BCUT2D eigenvalue weighted by Crippen LogP contribution is -1.97. The largest absolute Gasteiger partial charge is 0.489 e. The fraction of sp³-hybridized carbons (Fsp3) is 0.0476. The molecule has 0 saturated carbocycles. The van der Waals surface area contributed by atoms with Gasteiger partial charge in [-0.2, -0.15) is 5.10 Å². The number of aromatic amines is 1. The number of hydrogen-bond donors (Lipinski definition) is 2. The Morgan fingerprint density at radius 3 is 2.79 bits per heavy atom. The highest BCUT2D eigenvalue weighted by Gasteiger charge is 2.03. The Balaban J connectivity index is 1.39. The molecule has 1 heterocycles. The number of rotatable bonds is 6. The molecule has 5 nitrogen and oxygen atoms in total. The molecule has 0 spiro atoms. The molecule has 0 fully saturated rings. The summed E-state index contributed by atoms with van der Waals surface area (Å²) in [6, 6.07) is 20.8. The Bertz CT molecular complexity index is 1110. The van der Waals surface area contributed by atoms with Crippen molar-refractivity contribution >= 4 is 46.4 Å². The standard InChI is InChI=1S/C21H16Cl2N4O/c22-16-9-8-15(18(23)11-16)13-28-17-5-3-4-14(10-17)12-24-27-21-25-19-6-1-2-7-20(19)26-21/h1-12H,13H2,(H2,25,26,27)/b24-12-. The maximum absolute atomic E-state index is 6.18. The number of para-hydroxylation sites is 2. The molecule has 0 amide bonds. The van der Waals surface area contributed by atoms with Gasteiger partial charge in [0.1, 0.15) is 12.4 Å². The summed E-state index contributed by atoms with van der Waals surface area (Å²) in [4.78, 5) is 7.57. The maximum Gasteiger partial charge on any atom is 0.222 e. The molecule has 2 N–H and O–H groups in total. The molecular weight excluding hydrogens is 395 g/mol. The van der Waals surface area contributed by atoms with Crippen LogP contribution in [0.5, 0.6) is 5.75 Å². The summed E-state index contributed by atoms with van der Waals surface area (Å²) in [7, 11) is 0. The van der Waals surface area contributed by atoms with Gasteiger partial charge in [0.05, 0.1) is 17.2 Å². The van der Waals surface area contributed by atoms with Gasteiger partial charge in [-0.3, -0.25) is 0 Å². The van der Waals surface area contributed by atoms with Crippen LogP contribution in [0.4, 0.5) is 5.95 Å². The van der Waals surface area contributed by atoms with Gasteiger partial charge >= 0.3 is 0 Å². The lowest BCUT2D eigenvalue weighted by atomic mass is 10.2. The summed E-state index contributed by atoms with van der Waals surface area (Å²) in [6.45, 7) is 0.355. The van der Waals surface area contributed by atoms with E-state index in [9.17, 15) is 0 Å². The second-order valence-electron chi connectivity index (χ2n) is 6.07. The molecule has 1 aromatic heterocycles. The summed E-state index contributed by atoms with van der Waals surface area (Å²) in [5.74, 6) is 1.31. The van der Waals surface area contributed by atoms with Gasteiger partial charge in [-0.25, -0.2) is 10.4 Å². The number of ether oxygens (including phenoxy) is 1. The quantitative estimate of drug-likeness (QED) is 0.307. The minimum Gasteiger partial charge on any atom is -0.489 e. The number of aromatic nitrogens is 2. The van der Waals surface area contributed by atoms with Gasteiger partial charge in [0.15, 0.2) is 0 Å². The van der Waals surface area contributed by atoms with E-state index >= 15 is 0 Å². The number of anilines is 1.